The number of carbonyl (C=O) groups is 1. The molecule has 0 aliphatic carbocycles. The molecule has 1 aromatic heterocycles. The van der Waals surface area contributed by atoms with Gasteiger partial charge in [-0.2, -0.15) is 0 Å². The van der Waals surface area contributed by atoms with Crippen molar-refractivity contribution in [2.45, 2.75) is 26.4 Å². The minimum absolute atomic E-state index is 0.0651. The zero-order valence-corrected chi connectivity index (χ0v) is 13.9. The highest BCUT2D eigenvalue weighted by Crippen LogP contribution is 2.24. The molecule has 5 heteroatoms. The zero-order chi connectivity index (χ0) is 16.2. The molecule has 2 rings (SSSR count). The van der Waals surface area contributed by atoms with Crippen molar-refractivity contribution in [1.29, 1.82) is 0 Å². The Labute approximate surface area is 134 Å². The number of hydrogen-bond donors (Lipinski definition) is 2. The molecule has 2 aromatic rings. The van der Waals surface area contributed by atoms with Gasteiger partial charge in [-0.05, 0) is 43.8 Å². The van der Waals surface area contributed by atoms with E-state index in [1.165, 1.54) is 11.3 Å². The van der Waals surface area contributed by atoms with Crippen molar-refractivity contribution in [2.24, 2.45) is 0 Å². The largest absolute Gasteiger partial charge is 0.484 e. The first kappa shape index (κ1) is 16.5. The second-order valence-electron chi connectivity index (χ2n) is 5.59. The van der Waals surface area contributed by atoms with Crippen LogP contribution in [0.25, 0.3) is 0 Å². The molecule has 1 aromatic carbocycles. The number of aliphatic hydroxyl groups is 1. The molecule has 2 N–H and O–H groups in total. The second kappa shape index (κ2) is 6.94. The van der Waals surface area contributed by atoms with Crippen LogP contribution in [0.4, 0.5) is 0 Å². The number of amides is 1. The molecule has 1 heterocycles. The molecule has 0 radical (unpaired) electrons. The van der Waals surface area contributed by atoms with E-state index >= 15 is 0 Å². The fourth-order valence-corrected chi connectivity index (χ4v) is 2.89. The smallest absolute Gasteiger partial charge is 0.258 e. The Morgan fingerprint density at radius 2 is 2.14 bits per heavy atom. The number of carbonyl (C=O) groups excluding carboxylic acids is 1. The lowest BCUT2D eigenvalue weighted by Gasteiger charge is -2.22. The predicted octanol–water partition coefficient (Wildman–Crippen LogP) is 2.77. The van der Waals surface area contributed by atoms with Crippen LogP contribution >= 0.6 is 11.3 Å². The van der Waals surface area contributed by atoms with Crippen LogP contribution in [0.2, 0.25) is 0 Å². The highest BCUT2D eigenvalue weighted by Gasteiger charge is 2.24. The molecule has 0 spiro atoms. The quantitative estimate of drug-likeness (QED) is 0.861. The van der Waals surface area contributed by atoms with Crippen LogP contribution in [0.5, 0.6) is 5.75 Å². The molecule has 0 bridgehead atoms. The predicted molar refractivity (Wildman–Crippen MR) is 88.3 cm³/mol. The topological polar surface area (TPSA) is 58.6 Å². The lowest BCUT2D eigenvalue weighted by Crippen LogP contribution is -2.40. The van der Waals surface area contributed by atoms with E-state index in [-0.39, 0.29) is 19.1 Å². The van der Waals surface area contributed by atoms with E-state index < -0.39 is 5.60 Å². The van der Waals surface area contributed by atoms with Gasteiger partial charge in [-0.3, -0.25) is 4.79 Å². The summed E-state index contributed by atoms with van der Waals surface area (Å²) >= 11 is 1.46. The van der Waals surface area contributed by atoms with Crippen LogP contribution in [0.3, 0.4) is 0 Å². The zero-order valence-electron chi connectivity index (χ0n) is 13.1. The van der Waals surface area contributed by atoms with Crippen molar-refractivity contribution < 1.29 is 14.6 Å². The van der Waals surface area contributed by atoms with Crippen molar-refractivity contribution in [1.82, 2.24) is 5.32 Å². The summed E-state index contributed by atoms with van der Waals surface area (Å²) in [5.41, 5.74) is 1.09. The molecule has 0 fully saturated rings. The maximum absolute atomic E-state index is 11.9. The van der Waals surface area contributed by atoms with Crippen LogP contribution in [-0.4, -0.2) is 24.2 Å². The van der Waals surface area contributed by atoms with Gasteiger partial charge >= 0.3 is 0 Å². The summed E-state index contributed by atoms with van der Waals surface area (Å²) in [7, 11) is 0. The normalized spacial score (nSPS) is 13.5. The van der Waals surface area contributed by atoms with Gasteiger partial charge in [0, 0.05) is 4.88 Å². The molecular weight excluding hydrogens is 298 g/mol. The minimum atomic E-state index is -1.07. The molecule has 1 unspecified atom stereocenters. The number of benzene rings is 1. The average Bonchev–Trinajstić information content (AvgIpc) is 2.99. The maximum atomic E-state index is 11.9. The van der Waals surface area contributed by atoms with Gasteiger partial charge in [0.1, 0.15) is 11.4 Å². The average molecular weight is 319 g/mol. The van der Waals surface area contributed by atoms with E-state index in [1.54, 1.807) is 6.92 Å². The number of rotatable bonds is 6. The molecule has 22 heavy (non-hydrogen) atoms. The summed E-state index contributed by atoms with van der Waals surface area (Å²) in [6.07, 6.45) is 0. The van der Waals surface area contributed by atoms with Crippen LogP contribution in [0.15, 0.2) is 35.7 Å². The summed E-state index contributed by atoms with van der Waals surface area (Å²) in [5, 5.41) is 14.9. The number of nitrogens with one attached hydrogen (secondary N) is 1. The Bertz CT molecular complexity index is 635. The maximum Gasteiger partial charge on any atom is 0.258 e. The molecular formula is C17H21NO3S. The molecule has 1 amide bonds. The summed E-state index contributed by atoms with van der Waals surface area (Å²) < 4.78 is 5.52. The monoisotopic (exact) mass is 319 g/mol. The summed E-state index contributed by atoms with van der Waals surface area (Å²) in [4.78, 5) is 12.7. The van der Waals surface area contributed by atoms with Gasteiger partial charge in [0.2, 0.25) is 0 Å². The van der Waals surface area contributed by atoms with Crippen molar-refractivity contribution >= 4 is 17.2 Å². The van der Waals surface area contributed by atoms with E-state index in [0.29, 0.717) is 5.75 Å². The molecule has 4 nitrogen and oxygen atoms in total. The van der Waals surface area contributed by atoms with Gasteiger partial charge in [-0.1, -0.05) is 23.8 Å². The van der Waals surface area contributed by atoms with Crippen LogP contribution in [0.1, 0.15) is 22.9 Å². The van der Waals surface area contributed by atoms with Gasteiger partial charge in [-0.15, -0.1) is 11.3 Å². The van der Waals surface area contributed by atoms with Crippen LogP contribution < -0.4 is 10.1 Å². The van der Waals surface area contributed by atoms with Crippen molar-refractivity contribution in [3.05, 3.63) is 51.7 Å². The minimum Gasteiger partial charge on any atom is -0.484 e. The highest BCUT2D eigenvalue weighted by atomic mass is 32.1. The lowest BCUT2D eigenvalue weighted by atomic mass is 10.1. The Kier molecular flexibility index (Phi) is 5.21. The van der Waals surface area contributed by atoms with Crippen molar-refractivity contribution in [3.8, 4) is 5.75 Å². The van der Waals surface area contributed by atoms with Gasteiger partial charge < -0.3 is 15.2 Å². The molecule has 0 saturated heterocycles. The first-order valence-corrected chi connectivity index (χ1v) is 7.99. The number of hydrogen-bond acceptors (Lipinski definition) is 4. The first-order chi connectivity index (χ1) is 10.4. The standard InChI is InChI=1S/C17H21NO3S/c1-12-6-7-14(13(2)9-12)21-10-16(19)18-11-17(3,20)15-5-4-8-22-15/h4-9,20H,10-11H2,1-3H3,(H,18,19). The fourth-order valence-electron chi connectivity index (χ4n) is 2.10. The van der Waals surface area contributed by atoms with E-state index in [0.717, 1.165) is 16.0 Å². The van der Waals surface area contributed by atoms with Crippen molar-refractivity contribution in [3.63, 3.8) is 0 Å². The summed E-state index contributed by atoms with van der Waals surface area (Å²) in [5.74, 6) is 0.447. The lowest BCUT2D eigenvalue weighted by molar-refractivity contribution is -0.124. The Balaban J connectivity index is 1.83. The van der Waals surface area contributed by atoms with Gasteiger partial charge in [0.25, 0.3) is 5.91 Å². The first-order valence-electron chi connectivity index (χ1n) is 7.11. The third-order valence-electron chi connectivity index (χ3n) is 3.37. The van der Waals surface area contributed by atoms with E-state index in [4.69, 9.17) is 4.74 Å². The molecule has 0 aliphatic rings. The van der Waals surface area contributed by atoms with E-state index in [2.05, 4.69) is 5.32 Å². The Morgan fingerprint density at radius 3 is 2.77 bits per heavy atom. The third kappa shape index (κ3) is 4.32. The number of aryl methyl sites for hydroxylation is 2. The van der Waals surface area contributed by atoms with Crippen LogP contribution in [0, 0.1) is 13.8 Å². The number of ether oxygens (including phenoxy) is 1. The molecule has 0 aliphatic heterocycles. The van der Waals surface area contributed by atoms with Gasteiger partial charge in [0.05, 0.1) is 6.54 Å². The Morgan fingerprint density at radius 1 is 1.36 bits per heavy atom. The fraction of sp³-hybridized carbons (Fsp3) is 0.353. The Hall–Kier alpha value is -1.85. The molecule has 1 atom stereocenters. The SMILES string of the molecule is Cc1ccc(OCC(=O)NCC(C)(O)c2cccs2)c(C)c1. The van der Waals surface area contributed by atoms with E-state index in [1.807, 2.05) is 49.6 Å². The van der Waals surface area contributed by atoms with Crippen molar-refractivity contribution in [2.75, 3.05) is 13.2 Å². The van der Waals surface area contributed by atoms with Gasteiger partial charge in [0.15, 0.2) is 6.61 Å². The van der Waals surface area contributed by atoms with Crippen LogP contribution in [-0.2, 0) is 10.4 Å². The summed E-state index contributed by atoms with van der Waals surface area (Å²) in [6.45, 7) is 5.73. The third-order valence-corrected chi connectivity index (χ3v) is 4.49. The highest BCUT2D eigenvalue weighted by molar-refractivity contribution is 7.10. The second-order valence-corrected chi connectivity index (χ2v) is 6.53. The van der Waals surface area contributed by atoms with E-state index in [9.17, 15) is 9.90 Å². The summed E-state index contributed by atoms with van der Waals surface area (Å²) in [6, 6.07) is 9.54. The molecule has 118 valence electrons. The molecule has 0 saturated carbocycles. The van der Waals surface area contributed by atoms with Gasteiger partial charge in [-0.25, -0.2) is 0 Å². The number of thiophene rings is 1.